The predicted molar refractivity (Wildman–Crippen MR) is 67.4 cm³/mol. The van der Waals surface area contributed by atoms with Gasteiger partial charge in [-0.05, 0) is 17.9 Å². The van der Waals surface area contributed by atoms with E-state index in [1.165, 1.54) is 5.56 Å². The lowest BCUT2D eigenvalue weighted by atomic mass is 10.0. The largest absolute Gasteiger partial charge is 0.327 e. The van der Waals surface area contributed by atoms with Crippen LogP contribution in [0.1, 0.15) is 32.8 Å². The summed E-state index contributed by atoms with van der Waals surface area (Å²) in [6.07, 6.45) is 1.09. The minimum Gasteiger partial charge on any atom is -0.327 e. The van der Waals surface area contributed by atoms with Gasteiger partial charge in [-0.25, -0.2) is 0 Å². The Balaban J connectivity index is 0.000000265. The Morgan fingerprint density at radius 2 is 1.67 bits per heavy atom. The highest BCUT2D eigenvalue weighted by molar-refractivity contribution is 5.13. The van der Waals surface area contributed by atoms with Crippen molar-refractivity contribution < 1.29 is 0 Å². The average Bonchev–Trinajstić information content (AvgIpc) is 2.29. The Morgan fingerprint density at radius 1 is 1.13 bits per heavy atom. The van der Waals surface area contributed by atoms with Gasteiger partial charge in [-0.15, -0.1) is 0 Å². The van der Waals surface area contributed by atoms with Gasteiger partial charge < -0.3 is 11.5 Å². The van der Waals surface area contributed by atoms with Gasteiger partial charge in [0.1, 0.15) is 0 Å². The maximum Gasteiger partial charge on any atom is 0.0178 e. The van der Waals surface area contributed by atoms with Crippen molar-refractivity contribution in [3.05, 3.63) is 35.9 Å². The van der Waals surface area contributed by atoms with Crippen molar-refractivity contribution in [2.75, 3.05) is 0 Å². The Bertz CT molecular complexity index is 232. The number of rotatable bonds is 3. The molecular formula is C13H24N2. The molecule has 0 aliphatic heterocycles. The van der Waals surface area contributed by atoms with Crippen LogP contribution in [0.3, 0.4) is 0 Å². The second-order valence-electron chi connectivity index (χ2n) is 4.01. The standard InChI is InChI=1S/C7H9N.C6H15N/c8-6-7-4-2-1-3-5-7;1-4-6(7)5(2)3/h1-5H,6,8H2;5-6H,4,7H2,1-3H3. The second-order valence-corrected chi connectivity index (χ2v) is 4.01. The van der Waals surface area contributed by atoms with Crippen LogP contribution in [-0.4, -0.2) is 6.04 Å². The molecule has 0 aliphatic carbocycles. The monoisotopic (exact) mass is 208 g/mol. The first kappa shape index (κ1) is 14.1. The summed E-state index contributed by atoms with van der Waals surface area (Å²) in [6.45, 7) is 7.05. The Labute approximate surface area is 93.7 Å². The molecule has 4 N–H and O–H groups in total. The summed E-state index contributed by atoms with van der Waals surface area (Å²) in [6, 6.07) is 10.4. The van der Waals surface area contributed by atoms with Crippen molar-refractivity contribution >= 4 is 0 Å². The van der Waals surface area contributed by atoms with E-state index in [1.54, 1.807) is 0 Å². The summed E-state index contributed by atoms with van der Waals surface area (Å²) in [5.41, 5.74) is 12.2. The van der Waals surface area contributed by atoms with Crippen molar-refractivity contribution in [2.45, 2.75) is 39.8 Å². The van der Waals surface area contributed by atoms with E-state index < -0.39 is 0 Å². The normalized spacial score (nSPS) is 11.9. The fourth-order valence-electron chi connectivity index (χ4n) is 1.09. The molecule has 2 nitrogen and oxygen atoms in total. The third-order valence-electron chi connectivity index (χ3n) is 2.41. The molecule has 0 aliphatic rings. The third kappa shape index (κ3) is 7.11. The molecule has 0 radical (unpaired) electrons. The number of benzene rings is 1. The molecule has 15 heavy (non-hydrogen) atoms. The Morgan fingerprint density at radius 3 is 1.87 bits per heavy atom. The van der Waals surface area contributed by atoms with Crippen LogP contribution in [0.4, 0.5) is 0 Å². The van der Waals surface area contributed by atoms with Crippen molar-refractivity contribution in [1.29, 1.82) is 0 Å². The lowest BCUT2D eigenvalue weighted by Crippen LogP contribution is -2.24. The highest BCUT2D eigenvalue weighted by atomic mass is 14.6. The van der Waals surface area contributed by atoms with Crippen LogP contribution in [0.2, 0.25) is 0 Å². The fraction of sp³-hybridized carbons (Fsp3) is 0.538. The quantitative estimate of drug-likeness (QED) is 0.802. The summed E-state index contributed by atoms with van der Waals surface area (Å²) in [5, 5.41) is 0. The molecule has 1 aromatic rings. The van der Waals surface area contributed by atoms with E-state index in [0.717, 1.165) is 6.42 Å². The highest BCUT2D eigenvalue weighted by Gasteiger charge is 2.01. The molecular weight excluding hydrogens is 184 g/mol. The van der Waals surface area contributed by atoms with Crippen LogP contribution in [-0.2, 0) is 6.54 Å². The predicted octanol–water partition coefficient (Wildman–Crippen LogP) is 2.53. The molecule has 1 atom stereocenters. The zero-order valence-corrected chi connectivity index (χ0v) is 10.1. The lowest BCUT2D eigenvalue weighted by molar-refractivity contribution is 0.481. The Hall–Kier alpha value is -0.860. The van der Waals surface area contributed by atoms with Crippen molar-refractivity contribution in [3.63, 3.8) is 0 Å². The van der Waals surface area contributed by atoms with E-state index in [4.69, 9.17) is 11.5 Å². The fourth-order valence-corrected chi connectivity index (χ4v) is 1.09. The van der Waals surface area contributed by atoms with Gasteiger partial charge in [0.2, 0.25) is 0 Å². The highest BCUT2D eigenvalue weighted by Crippen LogP contribution is 2.00. The van der Waals surface area contributed by atoms with Gasteiger partial charge in [-0.3, -0.25) is 0 Å². The number of hydrogen-bond donors (Lipinski definition) is 2. The van der Waals surface area contributed by atoms with E-state index in [1.807, 2.05) is 30.3 Å². The molecule has 0 spiro atoms. The van der Waals surface area contributed by atoms with Crippen LogP contribution in [0, 0.1) is 5.92 Å². The van der Waals surface area contributed by atoms with Gasteiger partial charge in [0, 0.05) is 12.6 Å². The SMILES string of the molecule is CCC(N)C(C)C.NCc1ccccc1. The zero-order chi connectivity index (χ0) is 11.7. The molecule has 2 heteroatoms. The van der Waals surface area contributed by atoms with Crippen LogP contribution in [0.15, 0.2) is 30.3 Å². The van der Waals surface area contributed by atoms with Gasteiger partial charge in [-0.1, -0.05) is 51.1 Å². The zero-order valence-electron chi connectivity index (χ0n) is 10.1. The first-order chi connectivity index (χ1) is 7.11. The smallest absolute Gasteiger partial charge is 0.0178 e. The Kier molecular flexibility index (Phi) is 7.96. The maximum absolute atomic E-state index is 5.62. The van der Waals surface area contributed by atoms with Crippen LogP contribution < -0.4 is 11.5 Å². The minimum absolute atomic E-state index is 0.403. The maximum atomic E-state index is 5.62. The van der Waals surface area contributed by atoms with E-state index in [0.29, 0.717) is 18.5 Å². The average molecular weight is 208 g/mol. The summed E-state index contributed by atoms with van der Waals surface area (Å²) in [4.78, 5) is 0. The van der Waals surface area contributed by atoms with Crippen molar-refractivity contribution in [1.82, 2.24) is 0 Å². The van der Waals surface area contributed by atoms with Crippen LogP contribution in [0.25, 0.3) is 0 Å². The first-order valence-corrected chi connectivity index (χ1v) is 5.61. The molecule has 0 aromatic heterocycles. The molecule has 0 fully saturated rings. The molecule has 0 saturated carbocycles. The lowest BCUT2D eigenvalue weighted by Gasteiger charge is -2.10. The van der Waals surface area contributed by atoms with Crippen molar-refractivity contribution in [3.8, 4) is 0 Å². The molecule has 0 amide bonds. The molecule has 0 bridgehead atoms. The second kappa shape index (κ2) is 8.45. The van der Waals surface area contributed by atoms with E-state index >= 15 is 0 Å². The van der Waals surface area contributed by atoms with Gasteiger partial charge in [0.25, 0.3) is 0 Å². The van der Waals surface area contributed by atoms with E-state index in [-0.39, 0.29) is 0 Å². The molecule has 1 unspecified atom stereocenters. The summed E-state index contributed by atoms with van der Waals surface area (Å²) < 4.78 is 0. The van der Waals surface area contributed by atoms with Crippen molar-refractivity contribution in [2.24, 2.45) is 17.4 Å². The van der Waals surface area contributed by atoms with Gasteiger partial charge in [0.05, 0.1) is 0 Å². The van der Waals surface area contributed by atoms with Crippen LogP contribution >= 0.6 is 0 Å². The first-order valence-electron chi connectivity index (χ1n) is 5.61. The molecule has 0 saturated heterocycles. The summed E-state index contributed by atoms with van der Waals surface area (Å²) in [5.74, 6) is 0.644. The summed E-state index contributed by atoms with van der Waals surface area (Å²) in [7, 11) is 0. The minimum atomic E-state index is 0.403. The molecule has 1 rings (SSSR count). The molecule has 1 aromatic carbocycles. The van der Waals surface area contributed by atoms with Gasteiger partial charge >= 0.3 is 0 Å². The van der Waals surface area contributed by atoms with Gasteiger partial charge in [-0.2, -0.15) is 0 Å². The van der Waals surface area contributed by atoms with E-state index in [2.05, 4.69) is 20.8 Å². The number of nitrogens with two attached hydrogens (primary N) is 2. The summed E-state index contributed by atoms with van der Waals surface area (Å²) >= 11 is 0. The van der Waals surface area contributed by atoms with Gasteiger partial charge in [0.15, 0.2) is 0 Å². The molecule has 0 heterocycles. The molecule has 86 valence electrons. The third-order valence-corrected chi connectivity index (χ3v) is 2.41. The van der Waals surface area contributed by atoms with E-state index in [9.17, 15) is 0 Å². The number of hydrogen-bond acceptors (Lipinski definition) is 2. The van der Waals surface area contributed by atoms with Crippen LogP contribution in [0.5, 0.6) is 0 Å². The topological polar surface area (TPSA) is 52.0 Å².